The molecule has 51 heavy (non-hydrogen) atoms. The Morgan fingerprint density at radius 3 is 2.49 bits per heavy atom. The van der Waals surface area contributed by atoms with Gasteiger partial charge in [0.1, 0.15) is 5.82 Å². The summed E-state index contributed by atoms with van der Waals surface area (Å²) < 4.78 is 11.3. The van der Waals surface area contributed by atoms with Crippen LogP contribution in [0.5, 0.6) is 0 Å². The normalized spacial score (nSPS) is 28.0. The lowest BCUT2D eigenvalue weighted by Gasteiger charge is -2.69. The Morgan fingerprint density at radius 2 is 1.75 bits per heavy atom. The third-order valence-corrected chi connectivity index (χ3v) is 12.9. The molecule has 5 aromatic rings. The second-order valence-corrected chi connectivity index (χ2v) is 17.4. The maximum atomic E-state index is 13.4. The van der Waals surface area contributed by atoms with E-state index in [4.69, 9.17) is 14.8 Å². The molecule has 4 aliphatic carbocycles. The quantitative estimate of drug-likeness (QED) is 0.178. The number of carbonyl (C=O) groups is 2. The first-order valence-electron chi connectivity index (χ1n) is 17.7. The van der Waals surface area contributed by atoms with Gasteiger partial charge in [-0.3, -0.25) is 14.8 Å². The molecule has 12 nitrogen and oxygen atoms in total. The van der Waals surface area contributed by atoms with Crippen LogP contribution in [0.1, 0.15) is 84.7 Å². The lowest BCUT2D eigenvalue weighted by atomic mass is 9.39. The fourth-order valence-corrected chi connectivity index (χ4v) is 12.0. The largest absolute Gasteiger partial charge is 0.476 e. The summed E-state index contributed by atoms with van der Waals surface area (Å²) in [5.41, 5.74) is 4.65. The molecule has 0 radical (unpaired) electrons. The van der Waals surface area contributed by atoms with E-state index < -0.39 is 5.97 Å². The molecule has 264 valence electrons. The van der Waals surface area contributed by atoms with Crippen molar-refractivity contribution in [1.82, 2.24) is 29.3 Å². The van der Waals surface area contributed by atoms with Gasteiger partial charge in [-0.2, -0.15) is 5.10 Å². The van der Waals surface area contributed by atoms with Crippen molar-refractivity contribution in [3.05, 3.63) is 71.7 Å². The number of imidazole rings is 1. The predicted octanol–water partition coefficient (Wildman–Crippen LogP) is 6.80. The number of nitrogens with zero attached hydrogens (tertiary/aromatic N) is 7. The van der Waals surface area contributed by atoms with Crippen LogP contribution in [0.3, 0.4) is 0 Å². The van der Waals surface area contributed by atoms with Crippen LogP contribution in [0.25, 0.3) is 21.3 Å². The first kappa shape index (κ1) is 32.3. The van der Waals surface area contributed by atoms with Crippen molar-refractivity contribution in [2.24, 2.45) is 16.2 Å². The Bertz CT molecular complexity index is 2190. The van der Waals surface area contributed by atoms with Crippen molar-refractivity contribution in [3.63, 3.8) is 0 Å². The van der Waals surface area contributed by atoms with Gasteiger partial charge in [0.25, 0.3) is 5.91 Å². The van der Waals surface area contributed by atoms with E-state index in [2.05, 4.69) is 33.8 Å². The van der Waals surface area contributed by atoms with Crippen LogP contribution in [0.15, 0.2) is 48.9 Å². The molecular weight excluding hydrogens is 665 g/mol. The molecular formula is C38H42N8O4S. The number of para-hydroxylation sites is 1. The standard InChI is InChI=1S/C38H42N8O4S/c1-23-25(13-40-46(23)21-37-16-35(2)15-36(3,17-37)19-38(18-35,20-37)50-4)24-9-10-29(42-30(24)33(48)49)44-11-12-45-22-39-31(27(45)14-44)32(47)43-34-41-26-7-5-6-8-28(26)51-34/h5-10,13,22H,11-12,14-21H2,1-4H3,(H,48,49)(H,41,43,47). The molecule has 4 saturated carbocycles. The summed E-state index contributed by atoms with van der Waals surface area (Å²) in [5.74, 6) is -0.896. The second kappa shape index (κ2) is 11.2. The molecule has 1 aromatic carbocycles. The van der Waals surface area contributed by atoms with E-state index in [-0.39, 0.29) is 33.4 Å². The molecule has 0 spiro atoms. The number of amides is 1. The number of fused-ring (bicyclic) bond motifs is 2. The number of carboxylic acid groups (broad SMARTS) is 1. The molecule has 1 aliphatic heterocycles. The summed E-state index contributed by atoms with van der Waals surface area (Å²) >= 11 is 1.41. The molecule has 5 heterocycles. The first-order valence-corrected chi connectivity index (χ1v) is 18.5. The minimum absolute atomic E-state index is 0.0174. The zero-order valence-electron chi connectivity index (χ0n) is 29.4. The number of carboxylic acids is 1. The Kier molecular flexibility index (Phi) is 7.09. The van der Waals surface area contributed by atoms with Crippen LogP contribution < -0.4 is 10.2 Å². The van der Waals surface area contributed by atoms with E-state index in [0.717, 1.165) is 65.8 Å². The molecule has 13 heteroatoms. The van der Waals surface area contributed by atoms with Crippen molar-refractivity contribution >= 4 is 44.4 Å². The summed E-state index contributed by atoms with van der Waals surface area (Å²) in [7, 11) is 1.88. The van der Waals surface area contributed by atoms with Gasteiger partial charge in [0.2, 0.25) is 0 Å². The predicted molar refractivity (Wildman–Crippen MR) is 194 cm³/mol. The number of pyridine rings is 1. The number of hydrogen-bond donors (Lipinski definition) is 2. The number of hydrogen-bond acceptors (Lipinski definition) is 9. The van der Waals surface area contributed by atoms with E-state index in [1.165, 1.54) is 17.8 Å². The van der Waals surface area contributed by atoms with E-state index in [1.54, 1.807) is 12.5 Å². The van der Waals surface area contributed by atoms with Crippen LogP contribution in [0.4, 0.5) is 10.9 Å². The molecule has 2 unspecified atom stereocenters. The van der Waals surface area contributed by atoms with Crippen molar-refractivity contribution in [2.45, 2.75) is 84.5 Å². The minimum Gasteiger partial charge on any atom is -0.476 e. The van der Waals surface area contributed by atoms with Crippen molar-refractivity contribution in [3.8, 4) is 11.1 Å². The topological polar surface area (TPSA) is 140 Å². The van der Waals surface area contributed by atoms with Crippen LogP contribution in [-0.2, 0) is 24.4 Å². The summed E-state index contributed by atoms with van der Waals surface area (Å²) in [6.45, 7) is 9.23. The number of benzene rings is 1. The van der Waals surface area contributed by atoms with Gasteiger partial charge >= 0.3 is 5.97 Å². The fourth-order valence-electron chi connectivity index (χ4n) is 11.1. The van der Waals surface area contributed by atoms with Crippen LogP contribution in [0.2, 0.25) is 0 Å². The lowest BCUT2D eigenvalue weighted by molar-refractivity contribution is -0.239. The zero-order chi connectivity index (χ0) is 35.3. The van der Waals surface area contributed by atoms with Gasteiger partial charge < -0.3 is 19.3 Å². The highest BCUT2D eigenvalue weighted by Gasteiger charge is 2.66. The van der Waals surface area contributed by atoms with Gasteiger partial charge in [-0.1, -0.05) is 37.3 Å². The highest BCUT2D eigenvalue weighted by molar-refractivity contribution is 7.22. The molecule has 4 bridgehead atoms. The number of rotatable bonds is 8. The monoisotopic (exact) mass is 706 g/mol. The zero-order valence-corrected chi connectivity index (χ0v) is 30.2. The Labute approximate surface area is 299 Å². The van der Waals surface area contributed by atoms with Crippen LogP contribution in [-0.4, -0.2) is 65.5 Å². The number of aromatic nitrogens is 6. The number of nitrogens with one attached hydrogen (secondary N) is 1. The molecule has 10 rings (SSSR count). The van der Waals surface area contributed by atoms with Gasteiger partial charge in [0.05, 0.1) is 40.6 Å². The van der Waals surface area contributed by atoms with Crippen molar-refractivity contribution in [1.29, 1.82) is 0 Å². The Morgan fingerprint density at radius 1 is 0.961 bits per heavy atom. The average Bonchev–Trinajstić information content (AvgIpc) is 3.78. The summed E-state index contributed by atoms with van der Waals surface area (Å²) in [6.07, 6.45) is 10.3. The molecule has 4 fully saturated rings. The summed E-state index contributed by atoms with van der Waals surface area (Å²) in [5, 5.41) is 18.7. The Hall–Kier alpha value is -4.62. The number of carbonyl (C=O) groups excluding carboxylic acids is 1. The van der Waals surface area contributed by atoms with E-state index in [1.807, 2.05) is 59.9 Å². The lowest BCUT2D eigenvalue weighted by Crippen LogP contribution is -2.64. The molecule has 0 saturated heterocycles. The van der Waals surface area contributed by atoms with Crippen molar-refractivity contribution < 1.29 is 19.4 Å². The smallest absolute Gasteiger partial charge is 0.355 e. The number of thiazole rings is 1. The summed E-state index contributed by atoms with van der Waals surface area (Å²) in [6, 6.07) is 11.5. The minimum atomic E-state index is -1.10. The van der Waals surface area contributed by atoms with Gasteiger partial charge in [-0.15, -0.1) is 0 Å². The van der Waals surface area contributed by atoms with Crippen LogP contribution in [0, 0.1) is 23.2 Å². The number of ether oxygens (including phenoxy) is 1. The maximum absolute atomic E-state index is 13.4. The highest BCUT2D eigenvalue weighted by Crippen LogP contribution is 2.72. The van der Waals surface area contributed by atoms with E-state index in [0.29, 0.717) is 41.8 Å². The number of anilines is 2. The van der Waals surface area contributed by atoms with Gasteiger partial charge in [-0.25, -0.2) is 19.7 Å². The molecule has 2 N–H and O–H groups in total. The third kappa shape index (κ3) is 5.35. The molecule has 4 aromatic heterocycles. The summed E-state index contributed by atoms with van der Waals surface area (Å²) in [4.78, 5) is 41.8. The fraction of sp³-hybridized carbons (Fsp3) is 0.474. The van der Waals surface area contributed by atoms with E-state index in [9.17, 15) is 14.7 Å². The molecule has 2 atom stereocenters. The van der Waals surface area contributed by atoms with Crippen molar-refractivity contribution in [2.75, 3.05) is 23.9 Å². The molecule has 1 amide bonds. The number of aromatic carboxylic acids is 1. The van der Waals surface area contributed by atoms with Gasteiger partial charge in [0.15, 0.2) is 16.5 Å². The average molecular weight is 707 g/mol. The Balaban J connectivity index is 0.965. The van der Waals surface area contributed by atoms with Gasteiger partial charge in [-0.05, 0) is 86.0 Å². The first-order chi connectivity index (χ1) is 24.4. The highest BCUT2D eigenvalue weighted by atomic mass is 32.1. The number of methoxy groups -OCH3 is 1. The SMILES string of the molecule is COC12CC3(C)CC(C)(CC(Cn4ncc(-c5ccc(N6CCn7cnc(C(=O)Nc8nc9ccccc9s8)c7C6)nc5C(=O)O)c4C)(C3)C1)C2. The third-order valence-electron chi connectivity index (χ3n) is 12.0. The second-order valence-electron chi connectivity index (χ2n) is 16.3. The maximum Gasteiger partial charge on any atom is 0.355 e. The molecule has 5 aliphatic rings. The van der Waals surface area contributed by atoms with Gasteiger partial charge in [0, 0.05) is 43.6 Å². The van der Waals surface area contributed by atoms with E-state index >= 15 is 0 Å². The van der Waals surface area contributed by atoms with Crippen LogP contribution >= 0.6 is 11.3 Å².